The van der Waals surface area contributed by atoms with Crippen molar-refractivity contribution in [3.05, 3.63) is 57.6 Å². The minimum Gasteiger partial charge on any atom is -0.319 e. The van der Waals surface area contributed by atoms with E-state index in [1.165, 1.54) is 12.1 Å². The number of rotatable bonds is 2. The van der Waals surface area contributed by atoms with Gasteiger partial charge in [0.1, 0.15) is 16.1 Å². The number of hydrogen-bond acceptors (Lipinski definition) is 2. The van der Waals surface area contributed by atoms with Gasteiger partial charge in [-0.05, 0) is 12.1 Å². The third-order valence-corrected chi connectivity index (χ3v) is 2.80. The number of carbonyl (C=O) groups excluding carboxylic acids is 1. The molecule has 1 heterocycles. The molecule has 0 unspecified atom stereocenters. The minimum atomic E-state index is -1.42. The van der Waals surface area contributed by atoms with E-state index >= 15 is 0 Å². The Hall–Kier alpha value is -1.79. The van der Waals surface area contributed by atoms with Crippen LogP contribution in [0.4, 0.5) is 18.9 Å². The second-order valence-corrected chi connectivity index (χ2v) is 4.42. The summed E-state index contributed by atoms with van der Waals surface area (Å²) in [5.41, 5.74) is -0.751. The normalized spacial score (nSPS) is 10.4. The van der Waals surface area contributed by atoms with E-state index in [0.717, 1.165) is 0 Å². The molecule has 0 bridgehead atoms. The van der Waals surface area contributed by atoms with Crippen LogP contribution in [0.25, 0.3) is 0 Å². The van der Waals surface area contributed by atoms with E-state index in [1.54, 1.807) is 0 Å². The molecule has 104 valence electrons. The molecule has 8 heteroatoms. The largest absolute Gasteiger partial charge is 0.319 e. The Morgan fingerprint density at radius 3 is 2.50 bits per heavy atom. The van der Waals surface area contributed by atoms with Gasteiger partial charge in [0.15, 0.2) is 11.6 Å². The number of carbonyl (C=O) groups is 1. The molecule has 0 spiro atoms. The first kappa shape index (κ1) is 14.6. The summed E-state index contributed by atoms with van der Waals surface area (Å²) < 4.78 is 39.4. The molecule has 0 aliphatic heterocycles. The predicted molar refractivity (Wildman–Crippen MR) is 68.5 cm³/mol. The lowest BCUT2D eigenvalue weighted by molar-refractivity contribution is 0.102. The van der Waals surface area contributed by atoms with Crippen LogP contribution in [0.2, 0.25) is 10.3 Å². The van der Waals surface area contributed by atoms with Crippen molar-refractivity contribution in [1.29, 1.82) is 0 Å². The molecule has 0 atom stereocenters. The average molecular weight is 321 g/mol. The first-order valence-corrected chi connectivity index (χ1v) is 5.92. The lowest BCUT2D eigenvalue weighted by Gasteiger charge is -2.08. The molecule has 0 radical (unpaired) electrons. The monoisotopic (exact) mass is 320 g/mol. The zero-order chi connectivity index (χ0) is 14.9. The highest BCUT2D eigenvalue weighted by Gasteiger charge is 2.17. The summed E-state index contributed by atoms with van der Waals surface area (Å²) in [4.78, 5) is 15.5. The van der Waals surface area contributed by atoms with E-state index in [0.29, 0.717) is 12.1 Å². The highest BCUT2D eigenvalue weighted by Crippen LogP contribution is 2.22. The van der Waals surface area contributed by atoms with Gasteiger partial charge in [0, 0.05) is 12.1 Å². The fraction of sp³-hybridized carbons (Fsp3) is 0. The van der Waals surface area contributed by atoms with Gasteiger partial charge < -0.3 is 5.32 Å². The SMILES string of the molecule is O=C(Nc1cc(F)cc(F)c1F)c1ccc(Cl)nc1Cl. The van der Waals surface area contributed by atoms with Crippen molar-refractivity contribution in [3.63, 3.8) is 0 Å². The molecule has 1 aromatic heterocycles. The summed E-state index contributed by atoms with van der Waals surface area (Å²) in [5.74, 6) is -4.69. The Labute approximate surface area is 121 Å². The highest BCUT2D eigenvalue weighted by atomic mass is 35.5. The summed E-state index contributed by atoms with van der Waals surface area (Å²) >= 11 is 11.3. The van der Waals surface area contributed by atoms with E-state index in [2.05, 4.69) is 4.98 Å². The fourth-order valence-corrected chi connectivity index (χ4v) is 1.85. The van der Waals surface area contributed by atoms with E-state index in [-0.39, 0.29) is 15.9 Å². The topological polar surface area (TPSA) is 42.0 Å². The molecule has 0 aliphatic carbocycles. The van der Waals surface area contributed by atoms with E-state index in [9.17, 15) is 18.0 Å². The molecule has 0 saturated carbocycles. The van der Waals surface area contributed by atoms with E-state index < -0.39 is 29.0 Å². The van der Waals surface area contributed by atoms with Gasteiger partial charge in [0.05, 0.1) is 11.3 Å². The third-order valence-electron chi connectivity index (χ3n) is 2.30. The van der Waals surface area contributed by atoms with E-state index in [1.807, 2.05) is 5.32 Å². The smallest absolute Gasteiger partial charge is 0.258 e. The predicted octanol–water partition coefficient (Wildman–Crippen LogP) is 4.06. The molecule has 20 heavy (non-hydrogen) atoms. The van der Waals surface area contributed by atoms with Crippen LogP contribution < -0.4 is 5.32 Å². The van der Waals surface area contributed by atoms with Gasteiger partial charge in [-0.3, -0.25) is 4.79 Å². The van der Waals surface area contributed by atoms with Crippen LogP contribution >= 0.6 is 23.2 Å². The lowest BCUT2D eigenvalue weighted by Crippen LogP contribution is -2.14. The molecule has 1 N–H and O–H groups in total. The molecule has 3 nitrogen and oxygen atoms in total. The number of pyridine rings is 1. The summed E-state index contributed by atoms with van der Waals surface area (Å²) in [7, 11) is 0. The Morgan fingerprint density at radius 2 is 1.85 bits per heavy atom. The Morgan fingerprint density at radius 1 is 1.15 bits per heavy atom. The molecule has 0 fully saturated rings. The third kappa shape index (κ3) is 3.02. The number of benzene rings is 1. The van der Waals surface area contributed by atoms with Crippen molar-refractivity contribution in [3.8, 4) is 0 Å². The van der Waals surface area contributed by atoms with Crippen LogP contribution in [-0.4, -0.2) is 10.9 Å². The van der Waals surface area contributed by atoms with Crippen LogP contribution in [0.3, 0.4) is 0 Å². The molecular weight excluding hydrogens is 316 g/mol. The van der Waals surface area contributed by atoms with Crippen molar-refractivity contribution >= 4 is 34.8 Å². The quantitative estimate of drug-likeness (QED) is 0.669. The molecule has 0 saturated heterocycles. The van der Waals surface area contributed by atoms with Crippen molar-refractivity contribution in [1.82, 2.24) is 4.98 Å². The highest BCUT2D eigenvalue weighted by molar-refractivity contribution is 6.35. The van der Waals surface area contributed by atoms with Crippen molar-refractivity contribution < 1.29 is 18.0 Å². The second kappa shape index (κ2) is 5.68. The Kier molecular flexibility index (Phi) is 4.15. The number of anilines is 1. The first-order valence-electron chi connectivity index (χ1n) is 5.16. The van der Waals surface area contributed by atoms with Gasteiger partial charge in [0.2, 0.25) is 0 Å². The van der Waals surface area contributed by atoms with Crippen LogP contribution in [-0.2, 0) is 0 Å². The van der Waals surface area contributed by atoms with Crippen LogP contribution in [0, 0.1) is 17.5 Å². The number of nitrogens with one attached hydrogen (secondary N) is 1. The van der Waals surface area contributed by atoms with Gasteiger partial charge in [-0.1, -0.05) is 23.2 Å². The lowest BCUT2D eigenvalue weighted by atomic mass is 10.2. The second-order valence-electron chi connectivity index (χ2n) is 3.68. The molecular formula is C12H5Cl2F3N2O. The maximum atomic E-state index is 13.4. The van der Waals surface area contributed by atoms with Gasteiger partial charge in [-0.25, -0.2) is 18.2 Å². The van der Waals surface area contributed by atoms with Crippen LogP contribution in [0.5, 0.6) is 0 Å². The molecule has 1 aromatic carbocycles. The molecule has 2 aromatic rings. The standard InChI is InChI=1S/C12H5Cl2F3N2O/c13-9-2-1-6(11(14)19-9)12(20)18-8-4-5(15)3-7(16)10(8)17/h1-4H,(H,18,20). The van der Waals surface area contributed by atoms with Crippen LogP contribution in [0.1, 0.15) is 10.4 Å². The van der Waals surface area contributed by atoms with Crippen molar-refractivity contribution in [2.24, 2.45) is 0 Å². The van der Waals surface area contributed by atoms with Crippen molar-refractivity contribution in [2.75, 3.05) is 5.32 Å². The van der Waals surface area contributed by atoms with Gasteiger partial charge in [-0.2, -0.15) is 0 Å². The number of nitrogens with zero attached hydrogens (tertiary/aromatic N) is 1. The zero-order valence-corrected chi connectivity index (χ0v) is 11.1. The zero-order valence-electron chi connectivity index (χ0n) is 9.55. The van der Waals surface area contributed by atoms with E-state index in [4.69, 9.17) is 23.2 Å². The van der Waals surface area contributed by atoms with Gasteiger partial charge in [0.25, 0.3) is 5.91 Å². The summed E-state index contributed by atoms with van der Waals surface area (Å²) in [6.07, 6.45) is 0. The fourth-order valence-electron chi connectivity index (χ4n) is 1.42. The molecule has 1 amide bonds. The van der Waals surface area contributed by atoms with Gasteiger partial charge in [-0.15, -0.1) is 0 Å². The number of amides is 1. The molecule has 0 aliphatic rings. The molecule has 2 rings (SSSR count). The number of halogens is 5. The average Bonchev–Trinajstić information content (AvgIpc) is 2.35. The van der Waals surface area contributed by atoms with Crippen LogP contribution in [0.15, 0.2) is 24.3 Å². The first-order chi connectivity index (χ1) is 9.38. The number of aromatic nitrogens is 1. The van der Waals surface area contributed by atoms with Gasteiger partial charge >= 0.3 is 0 Å². The maximum Gasteiger partial charge on any atom is 0.258 e. The summed E-state index contributed by atoms with van der Waals surface area (Å²) in [6.45, 7) is 0. The summed E-state index contributed by atoms with van der Waals surface area (Å²) in [6, 6.07) is 3.56. The maximum absolute atomic E-state index is 13.4. The Bertz CT molecular complexity index is 695. The van der Waals surface area contributed by atoms with Crippen molar-refractivity contribution in [2.45, 2.75) is 0 Å². The number of hydrogen-bond donors (Lipinski definition) is 1. The Balaban J connectivity index is 2.32. The summed E-state index contributed by atoms with van der Waals surface area (Å²) in [5, 5.41) is 1.86. The minimum absolute atomic E-state index is 0.0644.